The maximum atomic E-state index is 12.1. The molecule has 16 heavy (non-hydrogen) atoms. The molecule has 0 unspecified atom stereocenters. The molecule has 0 spiro atoms. The van der Waals surface area contributed by atoms with Crippen LogP contribution in [0.25, 0.3) is 0 Å². The number of sulfonamides is 1. The van der Waals surface area contributed by atoms with E-state index in [1.807, 2.05) is 6.92 Å². The summed E-state index contributed by atoms with van der Waals surface area (Å²) in [5.74, 6) is 0. The van der Waals surface area contributed by atoms with Gasteiger partial charge in [0, 0.05) is 5.54 Å². The van der Waals surface area contributed by atoms with Gasteiger partial charge in [-0.25, -0.2) is 18.1 Å². The minimum Gasteiger partial charge on any atom is -0.229 e. The van der Waals surface area contributed by atoms with Crippen LogP contribution in [0.3, 0.4) is 0 Å². The summed E-state index contributed by atoms with van der Waals surface area (Å²) in [6, 6.07) is 0. The topological polar surface area (TPSA) is 59.1 Å². The number of hydrogen-bond acceptors (Lipinski definition) is 4. The fourth-order valence-corrected chi connectivity index (χ4v) is 4.99. The largest absolute Gasteiger partial charge is 0.252 e. The van der Waals surface area contributed by atoms with Crippen molar-refractivity contribution in [1.29, 1.82) is 0 Å². The molecule has 1 aromatic rings. The van der Waals surface area contributed by atoms with Crippen molar-refractivity contribution in [3.63, 3.8) is 0 Å². The average Bonchev–Trinajstić information content (AvgIpc) is 2.42. The third kappa shape index (κ3) is 2.25. The normalized spacial score (nSPS) is 19.4. The van der Waals surface area contributed by atoms with Crippen LogP contribution in [-0.4, -0.2) is 18.9 Å². The van der Waals surface area contributed by atoms with Gasteiger partial charge in [0.25, 0.3) is 10.0 Å². The summed E-state index contributed by atoms with van der Waals surface area (Å²) in [4.78, 5) is 3.92. The highest BCUT2D eigenvalue weighted by molar-refractivity contribution is 7.91. The zero-order valence-electron chi connectivity index (χ0n) is 9.08. The van der Waals surface area contributed by atoms with Crippen molar-refractivity contribution in [2.24, 2.45) is 0 Å². The quantitative estimate of drug-likeness (QED) is 0.924. The maximum absolute atomic E-state index is 12.1. The first-order valence-corrected chi connectivity index (χ1v) is 7.67. The zero-order valence-corrected chi connectivity index (χ0v) is 11.5. The monoisotopic (exact) mass is 280 g/mol. The van der Waals surface area contributed by atoms with Crippen molar-refractivity contribution in [3.8, 4) is 0 Å². The van der Waals surface area contributed by atoms with Gasteiger partial charge in [0.05, 0.1) is 5.69 Å². The molecule has 1 N–H and O–H groups in total. The molecule has 0 bridgehead atoms. The molecule has 0 atom stereocenters. The van der Waals surface area contributed by atoms with Gasteiger partial charge in [-0.2, -0.15) is 0 Å². The average molecular weight is 281 g/mol. The summed E-state index contributed by atoms with van der Waals surface area (Å²) in [6.45, 7) is 3.58. The number of halogens is 1. The van der Waals surface area contributed by atoms with Crippen LogP contribution in [0.5, 0.6) is 0 Å². The molecular formula is C9H13ClN2O2S2. The Morgan fingerprint density at radius 3 is 2.50 bits per heavy atom. The lowest BCUT2D eigenvalue weighted by atomic mass is 9.80. The third-order valence-corrected chi connectivity index (χ3v) is 6.32. The molecular weight excluding hydrogens is 268 g/mol. The lowest BCUT2D eigenvalue weighted by Crippen LogP contribution is -2.50. The Bertz CT molecular complexity index is 506. The smallest absolute Gasteiger partial charge is 0.229 e. The van der Waals surface area contributed by atoms with E-state index >= 15 is 0 Å². The molecule has 0 aliphatic heterocycles. The Hall–Kier alpha value is -0.170. The van der Waals surface area contributed by atoms with E-state index in [0.717, 1.165) is 30.6 Å². The van der Waals surface area contributed by atoms with Gasteiger partial charge in [0.2, 0.25) is 0 Å². The Morgan fingerprint density at radius 2 is 2.12 bits per heavy atom. The first-order valence-electron chi connectivity index (χ1n) is 4.99. The Morgan fingerprint density at radius 1 is 1.50 bits per heavy atom. The van der Waals surface area contributed by atoms with E-state index in [0.29, 0.717) is 5.69 Å². The van der Waals surface area contributed by atoms with Crippen LogP contribution in [-0.2, 0) is 10.0 Å². The highest BCUT2D eigenvalue weighted by Gasteiger charge is 2.37. The molecule has 0 aromatic carbocycles. The molecule has 2 rings (SSSR count). The summed E-state index contributed by atoms with van der Waals surface area (Å²) < 4.78 is 27.4. The van der Waals surface area contributed by atoms with Crippen LogP contribution in [0.2, 0.25) is 4.47 Å². The molecule has 1 aliphatic rings. The van der Waals surface area contributed by atoms with Crippen molar-refractivity contribution in [2.45, 2.75) is 42.9 Å². The van der Waals surface area contributed by atoms with Crippen LogP contribution in [0, 0.1) is 6.92 Å². The van der Waals surface area contributed by atoms with Gasteiger partial charge in [-0.3, -0.25) is 0 Å². The van der Waals surface area contributed by atoms with E-state index in [4.69, 9.17) is 11.6 Å². The molecule has 1 saturated carbocycles. The van der Waals surface area contributed by atoms with Crippen molar-refractivity contribution in [1.82, 2.24) is 9.71 Å². The van der Waals surface area contributed by atoms with Crippen LogP contribution in [0.4, 0.5) is 0 Å². The predicted octanol–water partition coefficient (Wildman–Crippen LogP) is 2.33. The standard InChI is InChI=1S/C9H13ClN2O2S2/c1-6-7(15-8(10)11-6)16(13,14)12-9(2)4-3-5-9/h12H,3-5H2,1-2H3. The fraction of sp³-hybridized carbons (Fsp3) is 0.667. The van der Waals surface area contributed by atoms with Crippen molar-refractivity contribution < 1.29 is 8.42 Å². The minimum absolute atomic E-state index is 0.227. The molecule has 0 radical (unpaired) electrons. The van der Waals surface area contributed by atoms with Gasteiger partial charge in [0.15, 0.2) is 8.68 Å². The number of thiazole rings is 1. The minimum atomic E-state index is -3.47. The molecule has 90 valence electrons. The molecule has 1 fully saturated rings. The summed E-state index contributed by atoms with van der Waals surface area (Å²) >= 11 is 6.71. The summed E-state index contributed by atoms with van der Waals surface area (Å²) in [5, 5.41) is 0. The van der Waals surface area contributed by atoms with E-state index in [-0.39, 0.29) is 14.2 Å². The molecule has 4 nitrogen and oxygen atoms in total. The lowest BCUT2D eigenvalue weighted by molar-refractivity contribution is 0.248. The third-order valence-electron chi connectivity index (χ3n) is 2.81. The molecule has 0 saturated heterocycles. The van der Waals surface area contributed by atoms with Crippen molar-refractivity contribution in [3.05, 3.63) is 10.2 Å². The van der Waals surface area contributed by atoms with Crippen LogP contribution in [0.1, 0.15) is 31.9 Å². The molecule has 7 heteroatoms. The number of hydrogen-bond donors (Lipinski definition) is 1. The molecule has 0 amide bonds. The number of rotatable bonds is 3. The van der Waals surface area contributed by atoms with Gasteiger partial charge >= 0.3 is 0 Å². The van der Waals surface area contributed by atoms with Gasteiger partial charge < -0.3 is 0 Å². The Kier molecular flexibility index (Phi) is 3.03. The first-order chi connectivity index (χ1) is 7.32. The van der Waals surface area contributed by atoms with Gasteiger partial charge in [-0.05, 0) is 33.1 Å². The van der Waals surface area contributed by atoms with E-state index in [2.05, 4.69) is 9.71 Å². The molecule has 1 aromatic heterocycles. The fourth-order valence-electron chi connectivity index (χ4n) is 1.78. The second-order valence-corrected chi connectivity index (χ2v) is 7.82. The van der Waals surface area contributed by atoms with Crippen molar-refractivity contribution >= 4 is 33.0 Å². The van der Waals surface area contributed by atoms with E-state index in [1.165, 1.54) is 0 Å². The van der Waals surface area contributed by atoms with E-state index in [1.54, 1.807) is 6.92 Å². The highest BCUT2D eigenvalue weighted by Crippen LogP contribution is 2.34. The number of nitrogens with zero attached hydrogens (tertiary/aromatic N) is 1. The van der Waals surface area contributed by atoms with Crippen LogP contribution in [0.15, 0.2) is 4.21 Å². The number of aromatic nitrogens is 1. The van der Waals surface area contributed by atoms with Crippen LogP contribution < -0.4 is 4.72 Å². The maximum Gasteiger partial charge on any atom is 0.252 e. The summed E-state index contributed by atoms with van der Waals surface area (Å²) in [6.07, 6.45) is 2.84. The highest BCUT2D eigenvalue weighted by atomic mass is 35.5. The Labute approximate surface area is 104 Å². The molecule has 1 aliphatic carbocycles. The zero-order chi connectivity index (χ0) is 12.0. The SMILES string of the molecule is Cc1nc(Cl)sc1S(=O)(=O)NC1(C)CCC1. The summed E-state index contributed by atoms with van der Waals surface area (Å²) in [7, 11) is -3.47. The van der Waals surface area contributed by atoms with Gasteiger partial charge in [-0.15, -0.1) is 0 Å². The van der Waals surface area contributed by atoms with E-state index < -0.39 is 10.0 Å². The Balaban J connectivity index is 2.28. The van der Waals surface area contributed by atoms with Crippen molar-refractivity contribution in [2.75, 3.05) is 0 Å². The van der Waals surface area contributed by atoms with E-state index in [9.17, 15) is 8.42 Å². The predicted molar refractivity (Wildman–Crippen MR) is 64.4 cm³/mol. The number of aryl methyl sites for hydroxylation is 1. The number of nitrogens with one attached hydrogen (secondary N) is 1. The van der Waals surface area contributed by atoms with Gasteiger partial charge in [0.1, 0.15) is 0 Å². The second-order valence-electron chi connectivity index (χ2n) is 4.36. The second kappa shape index (κ2) is 3.94. The van der Waals surface area contributed by atoms with Gasteiger partial charge in [-0.1, -0.05) is 22.9 Å². The summed E-state index contributed by atoms with van der Waals surface area (Å²) in [5.41, 5.74) is 0.173. The van der Waals surface area contributed by atoms with Crippen LogP contribution >= 0.6 is 22.9 Å². The lowest BCUT2D eigenvalue weighted by Gasteiger charge is -2.38. The molecule has 1 heterocycles. The first kappa shape index (κ1) is 12.3.